The van der Waals surface area contributed by atoms with E-state index in [1.807, 2.05) is 13.8 Å². The van der Waals surface area contributed by atoms with Gasteiger partial charge in [-0.1, -0.05) is 41.5 Å². The van der Waals surface area contributed by atoms with Gasteiger partial charge in [-0.25, -0.2) is 4.57 Å². The lowest BCUT2D eigenvalue weighted by Crippen LogP contribution is -2.11. The van der Waals surface area contributed by atoms with Gasteiger partial charge in [-0.3, -0.25) is 9.05 Å². The third-order valence-electron chi connectivity index (χ3n) is 2.79. The molecule has 19 heavy (non-hydrogen) atoms. The van der Waals surface area contributed by atoms with Gasteiger partial charge in [-0.2, -0.15) is 0 Å². The molecule has 0 aromatic rings. The van der Waals surface area contributed by atoms with Crippen LogP contribution in [0.3, 0.4) is 0 Å². The molecule has 2 unspecified atom stereocenters. The lowest BCUT2D eigenvalue weighted by Gasteiger charge is -2.19. The fourth-order valence-electron chi connectivity index (χ4n) is 2.23. The molecule has 4 nitrogen and oxygen atoms in total. The van der Waals surface area contributed by atoms with E-state index >= 15 is 0 Å². The zero-order chi connectivity index (χ0) is 15.1. The van der Waals surface area contributed by atoms with Gasteiger partial charge in [0.25, 0.3) is 0 Å². The first-order valence-electron chi connectivity index (χ1n) is 7.24. The second kappa shape index (κ2) is 9.12. The molecule has 0 fully saturated rings. The van der Waals surface area contributed by atoms with Crippen molar-refractivity contribution in [2.24, 2.45) is 23.7 Å². The van der Waals surface area contributed by atoms with E-state index in [9.17, 15) is 9.46 Å². The van der Waals surface area contributed by atoms with Gasteiger partial charge in [0.15, 0.2) is 0 Å². The van der Waals surface area contributed by atoms with Crippen LogP contribution in [0.4, 0.5) is 0 Å². The van der Waals surface area contributed by atoms with Crippen molar-refractivity contribution in [1.29, 1.82) is 0 Å². The average Bonchev–Trinajstić information content (AvgIpc) is 2.22. The number of phosphoric ester groups is 1. The summed E-state index contributed by atoms with van der Waals surface area (Å²) in [5.41, 5.74) is 0. The van der Waals surface area contributed by atoms with Crippen LogP contribution in [-0.2, 0) is 13.6 Å². The van der Waals surface area contributed by atoms with Gasteiger partial charge in [-0.05, 0) is 36.5 Å². The van der Waals surface area contributed by atoms with Gasteiger partial charge in [0.1, 0.15) is 0 Å². The molecule has 0 aliphatic carbocycles. The summed E-state index contributed by atoms with van der Waals surface area (Å²) in [7, 11) is -3.89. The van der Waals surface area contributed by atoms with Gasteiger partial charge in [-0.15, -0.1) is 0 Å². The predicted molar refractivity (Wildman–Crippen MR) is 79.0 cm³/mol. The van der Waals surface area contributed by atoms with Crippen LogP contribution >= 0.6 is 7.82 Å². The summed E-state index contributed by atoms with van der Waals surface area (Å²) < 4.78 is 21.8. The van der Waals surface area contributed by atoms with E-state index in [0.717, 1.165) is 12.8 Å². The van der Waals surface area contributed by atoms with Crippen LogP contribution in [0.1, 0.15) is 54.4 Å². The normalized spacial score (nSPS) is 18.6. The van der Waals surface area contributed by atoms with Crippen LogP contribution in [0.15, 0.2) is 0 Å². The monoisotopic (exact) mass is 294 g/mol. The van der Waals surface area contributed by atoms with Crippen molar-refractivity contribution in [2.75, 3.05) is 13.2 Å². The fraction of sp³-hybridized carbons (Fsp3) is 1.00. The van der Waals surface area contributed by atoms with Gasteiger partial charge in [0, 0.05) is 0 Å². The molecule has 0 radical (unpaired) electrons. The lowest BCUT2D eigenvalue weighted by molar-refractivity contribution is 0.114. The molecule has 0 aliphatic heterocycles. The summed E-state index contributed by atoms with van der Waals surface area (Å²) in [6, 6.07) is 0. The quantitative estimate of drug-likeness (QED) is 0.603. The van der Waals surface area contributed by atoms with Crippen molar-refractivity contribution < 1.29 is 18.5 Å². The summed E-state index contributed by atoms with van der Waals surface area (Å²) in [5, 5.41) is 0. The van der Waals surface area contributed by atoms with Crippen LogP contribution in [0.5, 0.6) is 0 Å². The van der Waals surface area contributed by atoms with E-state index in [-0.39, 0.29) is 25.0 Å². The second-order valence-corrected chi connectivity index (χ2v) is 7.98. The van der Waals surface area contributed by atoms with Crippen molar-refractivity contribution in [3.8, 4) is 0 Å². The Morgan fingerprint density at radius 2 is 1.16 bits per heavy atom. The Kier molecular flexibility index (Phi) is 9.17. The highest BCUT2D eigenvalue weighted by atomic mass is 31.2. The first-order valence-corrected chi connectivity index (χ1v) is 8.73. The maximum absolute atomic E-state index is 11.7. The number of hydrogen-bond donors (Lipinski definition) is 1. The zero-order valence-corrected chi connectivity index (χ0v) is 14.2. The molecule has 0 amide bonds. The molecule has 1 N–H and O–H groups in total. The molecule has 116 valence electrons. The average molecular weight is 294 g/mol. The van der Waals surface area contributed by atoms with Crippen LogP contribution in [0, 0.1) is 23.7 Å². The highest BCUT2D eigenvalue weighted by Gasteiger charge is 2.23. The predicted octanol–water partition coefficient (Wildman–Crippen LogP) is 4.48. The highest BCUT2D eigenvalue weighted by molar-refractivity contribution is 7.47. The Morgan fingerprint density at radius 3 is 1.42 bits per heavy atom. The highest BCUT2D eigenvalue weighted by Crippen LogP contribution is 2.44. The van der Waals surface area contributed by atoms with Crippen LogP contribution in [-0.4, -0.2) is 18.1 Å². The molecule has 0 heterocycles. The summed E-state index contributed by atoms with van der Waals surface area (Å²) in [5.74, 6) is 1.64. The van der Waals surface area contributed by atoms with E-state index in [0.29, 0.717) is 11.8 Å². The maximum atomic E-state index is 11.7. The Labute approximate surface area is 118 Å². The van der Waals surface area contributed by atoms with Gasteiger partial charge in [0.05, 0.1) is 13.2 Å². The Bertz CT molecular complexity index is 255. The summed E-state index contributed by atoms with van der Waals surface area (Å²) in [6.45, 7) is 13.1. The van der Waals surface area contributed by atoms with E-state index in [4.69, 9.17) is 9.05 Å². The first-order chi connectivity index (χ1) is 8.62. The van der Waals surface area contributed by atoms with Crippen LogP contribution in [0.2, 0.25) is 0 Å². The topological polar surface area (TPSA) is 55.8 Å². The minimum absolute atomic E-state index is 0.261. The number of hydrogen-bond acceptors (Lipinski definition) is 3. The largest absolute Gasteiger partial charge is 0.472 e. The second-order valence-electron chi connectivity index (χ2n) is 6.53. The minimum Gasteiger partial charge on any atom is -0.302 e. The molecule has 0 aromatic carbocycles. The third-order valence-corrected chi connectivity index (χ3v) is 3.74. The lowest BCUT2D eigenvalue weighted by atomic mass is 10.0. The molecule has 0 aliphatic rings. The van der Waals surface area contributed by atoms with Crippen molar-refractivity contribution in [3.63, 3.8) is 0 Å². The molecule has 5 heteroatoms. The van der Waals surface area contributed by atoms with Crippen molar-refractivity contribution >= 4 is 7.82 Å². The molecule has 0 saturated heterocycles. The van der Waals surface area contributed by atoms with E-state index < -0.39 is 7.82 Å². The zero-order valence-electron chi connectivity index (χ0n) is 13.3. The third kappa shape index (κ3) is 11.6. The Balaban J connectivity index is 3.95. The standard InChI is InChI=1S/C14H31O4P/c1-11(2)7-13(5)9-17-19(15,16)18-10-14(6)8-12(3)4/h11-14H,7-10H2,1-6H3,(H,15,16). The van der Waals surface area contributed by atoms with Gasteiger partial charge >= 0.3 is 7.82 Å². The van der Waals surface area contributed by atoms with Crippen LogP contribution < -0.4 is 0 Å². The van der Waals surface area contributed by atoms with Crippen molar-refractivity contribution in [3.05, 3.63) is 0 Å². The molecule has 0 aromatic heterocycles. The Morgan fingerprint density at radius 1 is 0.842 bits per heavy atom. The number of rotatable bonds is 10. The van der Waals surface area contributed by atoms with Crippen molar-refractivity contribution in [2.45, 2.75) is 54.4 Å². The number of phosphoric acid groups is 1. The molecule has 0 bridgehead atoms. The Hall–Kier alpha value is 0.110. The summed E-state index contributed by atoms with van der Waals surface area (Å²) in [4.78, 5) is 9.59. The maximum Gasteiger partial charge on any atom is 0.472 e. The van der Waals surface area contributed by atoms with E-state index in [1.165, 1.54) is 0 Å². The SMILES string of the molecule is CC(C)CC(C)COP(=O)(O)OCC(C)CC(C)C. The molecule has 0 rings (SSSR count). The van der Waals surface area contributed by atoms with E-state index in [1.54, 1.807) is 0 Å². The molecule has 2 atom stereocenters. The summed E-state index contributed by atoms with van der Waals surface area (Å²) in [6.07, 6.45) is 1.95. The van der Waals surface area contributed by atoms with Gasteiger partial charge < -0.3 is 4.89 Å². The van der Waals surface area contributed by atoms with Gasteiger partial charge in [0.2, 0.25) is 0 Å². The first kappa shape index (κ1) is 19.1. The van der Waals surface area contributed by atoms with E-state index in [2.05, 4.69) is 27.7 Å². The fourth-order valence-corrected chi connectivity index (χ4v) is 3.19. The molecule has 0 spiro atoms. The summed E-state index contributed by atoms with van der Waals surface area (Å²) >= 11 is 0. The van der Waals surface area contributed by atoms with Crippen molar-refractivity contribution in [1.82, 2.24) is 0 Å². The minimum atomic E-state index is -3.89. The molecular weight excluding hydrogens is 263 g/mol. The van der Waals surface area contributed by atoms with Crippen LogP contribution in [0.25, 0.3) is 0 Å². The smallest absolute Gasteiger partial charge is 0.302 e. The molecular formula is C14H31O4P. The molecule has 0 saturated carbocycles.